The van der Waals surface area contributed by atoms with Gasteiger partial charge in [0.25, 0.3) is 11.5 Å². The number of rotatable bonds is 6. The van der Waals surface area contributed by atoms with Crippen molar-refractivity contribution in [1.29, 1.82) is 0 Å². The largest absolute Gasteiger partial charge is 0.484 e. The molecule has 0 aliphatic rings. The molecule has 1 amide bonds. The average Bonchev–Trinajstić information content (AvgIpc) is 2.65. The summed E-state index contributed by atoms with van der Waals surface area (Å²) in [6.45, 7) is 4.04. The smallest absolute Gasteiger partial charge is 0.261 e. The summed E-state index contributed by atoms with van der Waals surface area (Å²) < 4.78 is 5.56. The summed E-state index contributed by atoms with van der Waals surface area (Å²) in [7, 11) is 0. The predicted octanol–water partition coefficient (Wildman–Crippen LogP) is 3.34. The first-order chi connectivity index (χ1) is 12.5. The lowest BCUT2D eigenvalue weighted by atomic mass is 10.1. The maximum Gasteiger partial charge on any atom is 0.261 e. The number of ether oxygens (including phenoxy) is 1. The van der Waals surface area contributed by atoms with Crippen molar-refractivity contribution in [2.45, 2.75) is 26.4 Å². The molecule has 0 spiro atoms. The summed E-state index contributed by atoms with van der Waals surface area (Å²) >= 11 is 0. The molecule has 2 aromatic carbocycles. The Bertz CT molecular complexity index is 948. The van der Waals surface area contributed by atoms with E-state index in [0.29, 0.717) is 11.3 Å². The van der Waals surface area contributed by atoms with Crippen molar-refractivity contribution in [2.75, 3.05) is 6.61 Å². The van der Waals surface area contributed by atoms with Crippen LogP contribution in [0.4, 0.5) is 0 Å². The normalized spacial score (nSPS) is 10.9. The first-order valence-electron chi connectivity index (χ1n) is 8.63. The summed E-state index contributed by atoms with van der Waals surface area (Å²) in [4.78, 5) is 29.5. The van der Waals surface area contributed by atoms with Crippen LogP contribution in [0.5, 0.6) is 5.75 Å². The maximum atomic E-state index is 12.6. The lowest BCUT2D eigenvalue weighted by molar-refractivity contribution is -0.135. The van der Waals surface area contributed by atoms with Gasteiger partial charge in [-0.05, 0) is 43.5 Å². The van der Waals surface area contributed by atoms with E-state index in [9.17, 15) is 9.59 Å². The average molecular weight is 350 g/mol. The Kier molecular flexibility index (Phi) is 5.37. The molecular weight excluding hydrogens is 328 g/mol. The second kappa shape index (κ2) is 7.87. The summed E-state index contributed by atoms with van der Waals surface area (Å²) in [5.74, 6) is 0.490. The number of fused-ring (bicyclic) bond motifs is 1. The molecule has 0 unspecified atom stereocenters. The van der Waals surface area contributed by atoms with Gasteiger partial charge in [0, 0.05) is 17.1 Å². The van der Waals surface area contributed by atoms with E-state index in [1.165, 1.54) is 0 Å². The number of benzene rings is 2. The van der Waals surface area contributed by atoms with Gasteiger partial charge in [0.1, 0.15) is 5.75 Å². The second-order valence-electron chi connectivity index (χ2n) is 6.43. The highest BCUT2D eigenvalue weighted by molar-refractivity contribution is 5.80. The van der Waals surface area contributed by atoms with E-state index in [2.05, 4.69) is 4.98 Å². The molecule has 0 fully saturated rings. The van der Waals surface area contributed by atoms with Crippen molar-refractivity contribution in [2.24, 2.45) is 0 Å². The monoisotopic (exact) mass is 350 g/mol. The van der Waals surface area contributed by atoms with Crippen LogP contribution in [0.15, 0.2) is 65.5 Å². The summed E-state index contributed by atoms with van der Waals surface area (Å²) in [5.41, 5.74) is 1.17. The van der Waals surface area contributed by atoms with Crippen LogP contribution >= 0.6 is 0 Å². The van der Waals surface area contributed by atoms with Crippen LogP contribution in [-0.2, 0) is 11.3 Å². The number of carbonyl (C=O) groups is 1. The molecule has 0 saturated heterocycles. The molecule has 1 N–H and O–H groups in total. The standard InChI is InChI=1S/C21H22N2O3/c1-15(2)23(20(24)14-26-18-9-4-3-5-10-18)13-17-12-16-8-6-7-11-19(16)22-21(17)25/h3-12,15H,13-14H2,1-2H3,(H,22,25). The maximum absolute atomic E-state index is 12.6. The lowest BCUT2D eigenvalue weighted by Crippen LogP contribution is -2.40. The van der Waals surface area contributed by atoms with E-state index >= 15 is 0 Å². The first-order valence-corrected chi connectivity index (χ1v) is 8.63. The van der Waals surface area contributed by atoms with E-state index in [0.717, 1.165) is 10.9 Å². The van der Waals surface area contributed by atoms with Crippen LogP contribution in [0, 0.1) is 0 Å². The SMILES string of the molecule is CC(C)N(Cc1cc2ccccc2[nH]c1=O)C(=O)COc1ccccc1. The van der Waals surface area contributed by atoms with E-state index in [4.69, 9.17) is 4.74 Å². The lowest BCUT2D eigenvalue weighted by Gasteiger charge is -2.26. The third-order valence-electron chi connectivity index (χ3n) is 4.22. The molecule has 5 heteroatoms. The fourth-order valence-corrected chi connectivity index (χ4v) is 2.80. The Morgan fingerprint density at radius 3 is 2.50 bits per heavy atom. The van der Waals surface area contributed by atoms with E-state index in [-0.39, 0.29) is 30.7 Å². The molecule has 0 atom stereocenters. The van der Waals surface area contributed by atoms with Crippen LogP contribution < -0.4 is 10.3 Å². The van der Waals surface area contributed by atoms with Crippen LogP contribution in [-0.4, -0.2) is 28.4 Å². The van der Waals surface area contributed by atoms with Gasteiger partial charge in [0.2, 0.25) is 0 Å². The number of hydrogen-bond acceptors (Lipinski definition) is 3. The molecule has 0 radical (unpaired) electrons. The molecule has 3 aromatic rings. The van der Waals surface area contributed by atoms with Gasteiger partial charge in [-0.3, -0.25) is 9.59 Å². The molecule has 1 heterocycles. The summed E-state index contributed by atoms with van der Waals surface area (Å²) in [6, 6.07) is 18.6. The molecule has 0 aliphatic carbocycles. The van der Waals surface area contributed by atoms with Crippen molar-refractivity contribution in [3.05, 3.63) is 76.6 Å². The fraction of sp³-hybridized carbons (Fsp3) is 0.238. The molecule has 26 heavy (non-hydrogen) atoms. The van der Waals surface area contributed by atoms with Crippen LogP contribution in [0.2, 0.25) is 0 Å². The van der Waals surface area contributed by atoms with Gasteiger partial charge in [-0.15, -0.1) is 0 Å². The number of pyridine rings is 1. The predicted molar refractivity (Wildman–Crippen MR) is 102 cm³/mol. The molecule has 1 aromatic heterocycles. The van der Waals surface area contributed by atoms with Gasteiger partial charge in [-0.25, -0.2) is 0 Å². The minimum absolute atomic E-state index is 0.0484. The van der Waals surface area contributed by atoms with E-state index in [1.807, 2.05) is 62.4 Å². The van der Waals surface area contributed by atoms with Gasteiger partial charge < -0.3 is 14.6 Å². The third kappa shape index (κ3) is 4.11. The Hall–Kier alpha value is -3.08. The fourth-order valence-electron chi connectivity index (χ4n) is 2.80. The van der Waals surface area contributed by atoms with Crippen molar-refractivity contribution in [3.8, 4) is 5.75 Å². The van der Waals surface area contributed by atoms with Gasteiger partial charge in [-0.1, -0.05) is 36.4 Å². The van der Waals surface area contributed by atoms with Crippen LogP contribution in [0.3, 0.4) is 0 Å². The first kappa shape index (κ1) is 17.7. The van der Waals surface area contributed by atoms with Crippen LogP contribution in [0.25, 0.3) is 10.9 Å². The minimum atomic E-state index is -0.175. The zero-order chi connectivity index (χ0) is 18.5. The highest BCUT2D eigenvalue weighted by atomic mass is 16.5. The number of H-pyrrole nitrogens is 1. The number of carbonyl (C=O) groups excluding carboxylic acids is 1. The zero-order valence-electron chi connectivity index (χ0n) is 14.9. The Balaban J connectivity index is 1.77. The van der Waals surface area contributed by atoms with Gasteiger partial charge in [0.05, 0.1) is 6.54 Å². The van der Waals surface area contributed by atoms with Crippen molar-refractivity contribution in [3.63, 3.8) is 0 Å². The van der Waals surface area contributed by atoms with Gasteiger partial charge >= 0.3 is 0 Å². The molecule has 3 rings (SSSR count). The van der Waals surface area contributed by atoms with Gasteiger partial charge in [-0.2, -0.15) is 0 Å². The molecule has 5 nitrogen and oxygen atoms in total. The zero-order valence-corrected chi connectivity index (χ0v) is 14.9. The summed E-state index contributed by atoms with van der Waals surface area (Å²) in [6.07, 6.45) is 0. The van der Waals surface area contributed by atoms with Gasteiger partial charge in [0.15, 0.2) is 6.61 Å². The van der Waals surface area contributed by atoms with E-state index in [1.54, 1.807) is 17.0 Å². The van der Waals surface area contributed by atoms with Crippen molar-refractivity contribution < 1.29 is 9.53 Å². The van der Waals surface area contributed by atoms with Crippen molar-refractivity contribution in [1.82, 2.24) is 9.88 Å². The molecule has 134 valence electrons. The Morgan fingerprint density at radius 1 is 1.08 bits per heavy atom. The highest BCUT2D eigenvalue weighted by Gasteiger charge is 2.19. The summed E-state index contributed by atoms with van der Waals surface area (Å²) in [5, 5.41) is 0.943. The number of aromatic nitrogens is 1. The Morgan fingerprint density at radius 2 is 1.77 bits per heavy atom. The van der Waals surface area contributed by atoms with E-state index < -0.39 is 0 Å². The number of para-hydroxylation sites is 2. The van der Waals surface area contributed by atoms with Crippen LogP contribution in [0.1, 0.15) is 19.4 Å². The van der Waals surface area contributed by atoms with Crippen molar-refractivity contribution >= 4 is 16.8 Å². The third-order valence-corrected chi connectivity index (χ3v) is 4.22. The molecular formula is C21H22N2O3. The number of nitrogens with one attached hydrogen (secondary N) is 1. The second-order valence-corrected chi connectivity index (χ2v) is 6.43. The minimum Gasteiger partial charge on any atom is -0.484 e. The number of aromatic amines is 1. The number of nitrogens with zero attached hydrogens (tertiary/aromatic N) is 1. The topological polar surface area (TPSA) is 62.4 Å². The molecule has 0 bridgehead atoms. The highest BCUT2D eigenvalue weighted by Crippen LogP contribution is 2.14. The number of amides is 1. The molecule has 0 saturated carbocycles. The molecule has 0 aliphatic heterocycles. The quantitative estimate of drug-likeness (QED) is 0.742. The number of hydrogen-bond donors (Lipinski definition) is 1. The Labute approximate surface area is 152 Å².